The minimum absolute atomic E-state index is 0.668. The van der Waals surface area contributed by atoms with Gasteiger partial charge in [-0.1, -0.05) is 20.8 Å². The highest BCUT2D eigenvalue weighted by atomic mass is 79.9. The SMILES string of the molecule is CCCN(C)c1ncc(Br)cc1CNCC(C)C. The van der Waals surface area contributed by atoms with Gasteiger partial charge in [-0.05, 0) is 40.9 Å². The van der Waals surface area contributed by atoms with Crippen LogP contribution in [0.5, 0.6) is 0 Å². The predicted molar refractivity (Wildman–Crippen MR) is 82.0 cm³/mol. The predicted octanol–water partition coefficient (Wildman–Crippen LogP) is 3.44. The summed E-state index contributed by atoms with van der Waals surface area (Å²) in [6.07, 6.45) is 3.00. The van der Waals surface area contributed by atoms with Gasteiger partial charge in [0.05, 0.1) is 0 Å². The molecule has 0 aliphatic carbocycles. The molecule has 0 atom stereocenters. The van der Waals surface area contributed by atoms with Crippen LogP contribution in [0.15, 0.2) is 16.7 Å². The van der Waals surface area contributed by atoms with Gasteiger partial charge in [-0.3, -0.25) is 0 Å². The van der Waals surface area contributed by atoms with Crippen LogP contribution in [-0.2, 0) is 6.54 Å². The summed E-state index contributed by atoms with van der Waals surface area (Å²) >= 11 is 3.50. The van der Waals surface area contributed by atoms with Gasteiger partial charge in [0.25, 0.3) is 0 Å². The first kappa shape index (κ1) is 15.4. The molecule has 1 aromatic heterocycles. The van der Waals surface area contributed by atoms with E-state index < -0.39 is 0 Å². The van der Waals surface area contributed by atoms with Gasteiger partial charge < -0.3 is 10.2 Å². The summed E-state index contributed by atoms with van der Waals surface area (Å²) in [6.45, 7) is 9.56. The van der Waals surface area contributed by atoms with Gasteiger partial charge in [-0.2, -0.15) is 0 Å². The van der Waals surface area contributed by atoms with Crippen LogP contribution in [0.25, 0.3) is 0 Å². The molecular weight excluding hydrogens is 290 g/mol. The standard InChI is InChI=1S/C14H24BrN3/c1-5-6-18(4)14-12(7-13(15)10-17-14)9-16-8-11(2)3/h7,10-11,16H,5-6,8-9H2,1-4H3. The summed E-state index contributed by atoms with van der Waals surface area (Å²) in [4.78, 5) is 6.75. The first-order valence-electron chi connectivity index (χ1n) is 6.60. The van der Waals surface area contributed by atoms with Crippen LogP contribution in [-0.4, -0.2) is 25.1 Å². The molecule has 1 heterocycles. The van der Waals surface area contributed by atoms with Gasteiger partial charge in [0, 0.05) is 36.4 Å². The summed E-state index contributed by atoms with van der Waals surface area (Å²) in [7, 11) is 2.10. The molecule has 102 valence electrons. The highest BCUT2D eigenvalue weighted by Crippen LogP contribution is 2.21. The molecule has 1 rings (SSSR count). The average molecular weight is 314 g/mol. The second kappa shape index (κ2) is 7.74. The molecule has 0 saturated heterocycles. The Morgan fingerprint density at radius 2 is 2.17 bits per heavy atom. The quantitative estimate of drug-likeness (QED) is 0.836. The van der Waals surface area contributed by atoms with Gasteiger partial charge in [-0.25, -0.2) is 4.98 Å². The molecule has 0 spiro atoms. The van der Waals surface area contributed by atoms with Crippen LogP contribution in [0.3, 0.4) is 0 Å². The lowest BCUT2D eigenvalue weighted by atomic mass is 10.2. The Bertz CT molecular complexity index is 366. The fourth-order valence-corrected chi connectivity index (χ4v) is 2.26. The molecule has 0 aliphatic heterocycles. The molecule has 0 aliphatic rings. The van der Waals surface area contributed by atoms with Crippen molar-refractivity contribution in [3.05, 3.63) is 22.3 Å². The lowest BCUT2D eigenvalue weighted by Gasteiger charge is -2.21. The molecule has 0 radical (unpaired) electrons. The maximum atomic E-state index is 4.53. The fraction of sp³-hybridized carbons (Fsp3) is 0.643. The summed E-state index contributed by atoms with van der Waals surface area (Å²) in [5, 5.41) is 3.48. The van der Waals surface area contributed by atoms with Crippen LogP contribution >= 0.6 is 15.9 Å². The third kappa shape index (κ3) is 4.94. The normalized spacial score (nSPS) is 11.0. The molecule has 0 saturated carbocycles. The Hall–Kier alpha value is -0.610. The van der Waals surface area contributed by atoms with Crippen LogP contribution in [0.2, 0.25) is 0 Å². The summed E-state index contributed by atoms with van der Waals surface area (Å²) in [5.41, 5.74) is 1.25. The van der Waals surface area contributed by atoms with Gasteiger partial charge in [0.2, 0.25) is 0 Å². The van der Waals surface area contributed by atoms with E-state index in [0.717, 1.165) is 36.3 Å². The van der Waals surface area contributed by atoms with Crippen molar-refractivity contribution in [2.24, 2.45) is 5.92 Å². The maximum absolute atomic E-state index is 4.53. The smallest absolute Gasteiger partial charge is 0.132 e. The third-order valence-electron chi connectivity index (χ3n) is 2.70. The Kier molecular flexibility index (Phi) is 6.65. The first-order valence-corrected chi connectivity index (χ1v) is 7.40. The molecule has 0 aromatic carbocycles. The second-order valence-electron chi connectivity index (χ2n) is 5.08. The fourth-order valence-electron chi connectivity index (χ4n) is 1.88. The van der Waals surface area contributed by atoms with E-state index in [1.807, 2.05) is 6.20 Å². The number of anilines is 1. The minimum atomic E-state index is 0.668. The monoisotopic (exact) mass is 313 g/mol. The summed E-state index contributed by atoms with van der Waals surface area (Å²) in [5.74, 6) is 1.75. The van der Waals surface area contributed by atoms with Crippen molar-refractivity contribution in [2.75, 3.05) is 25.0 Å². The zero-order valence-electron chi connectivity index (χ0n) is 11.8. The number of aromatic nitrogens is 1. The van der Waals surface area contributed by atoms with Crippen LogP contribution < -0.4 is 10.2 Å². The van der Waals surface area contributed by atoms with Crippen LogP contribution in [0.4, 0.5) is 5.82 Å². The van der Waals surface area contributed by atoms with Crippen molar-refractivity contribution in [1.29, 1.82) is 0 Å². The number of nitrogens with zero attached hydrogens (tertiary/aromatic N) is 2. The van der Waals surface area contributed by atoms with Crippen LogP contribution in [0.1, 0.15) is 32.8 Å². The number of pyridine rings is 1. The molecule has 4 heteroatoms. The average Bonchev–Trinajstić information content (AvgIpc) is 2.29. The molecule has 0 bridgehead atoms. The molecule has 3 nitrogen and oxygen atoms in total. The minimum Gasteiger partial charge on any atom is -0.359 e. The van der Waals surface area contributed by atoms with Gasteiger partial charge in [-0.15, -0.1) is 0 Å². The Labute approximate surface area is 119 Å². The van der Waals surface area contributed by atoms with E-state index in [1.165, 1.54) is 5.56 Å². The van der Waals surface area contributed by atoms with Crippen molar-refractivity contribution in [2.45, 2.75) is 33.7 Å². The summed E-state index contributed by atoms with van der Waals surface area (Å²) < 4.78 is 1.04. The second-order valence-corrected chi connectivity index (χ2v) is 6.00. The molecule has 1 aromatic rings. The number of hydrogen-bond donors (Lipinski definition) is 1. The van der Waals surface area contributed by atoms with Crippen molar-refractivity contribution < 1.29 is 0 Å². The van der Waals surface area contributed by atoms with E-state index in [4.69, 9.17) is 0 Å². The summed E-state index contributed by atoms with van der Waals surface area (Å²) in [6, 6.07) is 2.15. The number of halogens is 1. The number of nitrogens with one attached hydrogen (secondary N) is 1. The van der Waals surface area contributed by atoms with Crippen LogP contribution in [0, 0.1) is 5.92 Å². The molecular formula is C14H24BrN3. The molecule has 1 N–H and O–H groups in total. The maximum Gasteiger partial charge on any atom is 0.132 e. The van der Waals surface area contributed by atoms with Crippen molar-refractivity contribution in [3.8, 4) is 0 Å². The van der Waals surface area contributed by atoms with Gasteiger partial charge in [0.1, 0.15) is 5.82 Å². The Morgan fingerprint density at radius 3 is 2.78 bits per heavy atom. The molecule has 0 amide bonds. The highest BCUT2D eigenvalue weighted by molar-refractivity contribution is 9.10. The van der Waals surface area contributed by atoms with E-state index in [2.05, 4.69) is 65.0 Å². The van der Waals surface area contributed by atoms with Gasteiger partial charge in [0.15, 0.2) is 0 Å². The lowest BCUT2D eigenvalue weighted by Crippen LogP contribution is -2.24. The lowest BCUT2D eigenvalue weighted by molar-refractivity contribution is 0.551. The van der Waals surface area contributed by atoms with E-state index in [1.54, 1.807) is 0 Å². The Morgan fingerprint density at radius 1 is 1.44 bits per heavy atom. The number of hydrogen-bond acceptors (Lipinski definition) is 3. The highest BCUT2D eigenvalue weighted by Gasteiger charge is 2.09. The van der Waals surface area contributed by atoms with Crippen molar-refractivity contribution >= 4 is 21.7 Å². The third-order valence-corrected chi connectivity index (χ3v) is 3.13. The van der Waals surface area contributed by atoms with Crippen molar-refractivity contribution in [1.82, 2.24) is 10.3 Å². The largest absolute Gasteiger partial charge is 0.359 e. The van der Waals surface area contributed by atoms with Crippen molar-refractivity contribution in [3.63, 3.8) is 0 Å². The van der Waals surface area contributed by atoms with E-state index in [0.29, 0.717) is 5.92 Å². The molecule has 18 heavy (non-hydrogen) atoms. The van der Waals surface area contributed by atoms with Gasteiger partial charge >= 0.3 is 0 Å². The zero-order chi connectivity index (χ0) is 13.5. The first-order chi connectivity index (χ1) is 8.54. The molecule has 0 fully saturated rings. The topological polar surface area (TPSA) is 28.2 Å². The van der Waals surface area contributed by atoms with E-state index in [-0.39, 0.29) is 0 Å². The zero-order valence-corrected chi connectivity index (χ0v) is 13.4. The Balaban J connectivity index is 2.76. The van der Waals surface area contributed by atoms with E-state index >= 15 is 0 Å². The molecule has 0 unspecified atom stereocenters. The van der Waals surface area contributed by atoms with E-state index in [9.17, 15) is 0 Å². The number of rotatable bonds is 7.